The van der Waals surface area contributed by atoms with Crippen LogP contribution in [0.5, 0.6) is 0 Å². The molecule has 5 heteroatoms. The molecule has 1 aromatic rings. The van der Waals surface area contributed by atoms with Crippen molar-refractivity contribution in [2.45, 2.75) is 30.4 Å². The summed E-state index contributed by atoms with van der Waals surface area (Å²) < 4.78 is 23.4. The summed E-state index contributed by atoms with van der Waals surface area (Å²) >= 11 is 0. The highest BCUT2D eigenvalue weighted by Crippen LogP contribution is 2.30. The van der Waals surface area contributed by atoms with Crippen LogP contribution in [0.3, 0.4) is 0 Å². The minimum Gasteiger partial charge on any atom is -0.325 e. The molecule has 2 rings (SSSR count). The molecule has 0 radical (unpaired) electrons. The Bertz CT molecular complexity index is 452. The highest BCUT2D eigenvalue weighted by molar-refractivity contribution is 7.91. The fraction of sp³-hybridized carbons (Fsp3) is 0.500. The predicted octanol–water partition coefficient (Wildman–Crippen LogP) is 0.617. The van der Waals surface area contributed by atoms with Crippen molar-refractivity contribution in [3.05, 3.63) is 29.6 Å². The van der Waals surface area contributed by atoms with Crippen LogP contribution in [0.1, 0.15) is 24.1 Å². The van der Waals surface area contributed by atoms with Crippen LogP contribution in [0.25, 0.3) is 0 Å². The average molecular weight is 226 g/mol. The van der Waals surface area contributed by atoms with Gasteiger partial charge in [0, 0.05) is 12.7 Å². The Morgan fingerprint density at radius 3 is 2.80 bits per heavy atom. The molecule has 0 amide bonds. The Morgan fingerprint density at radius 2 is 2.20 bits per heavy atom. The van der Waals surface area contributed by atoms with E-state index in [0.717, 1.165) is 24.1 Å². The van der Waals surface area contributed by atoms with Crippen LogP contribution < -0.4 is 5.73 Å². The molecule has 0 bridgehead atoms. The molecule has 15 heavy (non-hydrogen) atoms. The third kappa shape index (κ3) is 2.54. The third-order valence-corrected chi connectivity index (χ3v) is 4.71. The molecule has 2 N–H and O–H groups in total. The Labute approximate surface area is 89.4 Å². The van der Waals surface area contributed by atoms with Crippen molar-refractivity contribution >= 4 is 9.84 Å². The lowest BCUT2D eigenvalue weighted by molar-refractivity contribution is 0.594. The van der Waals surface area contributed by atoms with Crippen LogP contribution >= 0.6 is 0 Å². The zero-order valence-electron chi connectivity index (χ0n) is 8.39. The smallest absolute Gasteiger partial charge is 0.157 e. The number of rotatable bonds is 4. The Morgan fingerprint density at radius 1 is 1.47 bits per heavy atom. The third-order valence-electron chi connectivity index (χ3n) is 2.49. The molecular weight excluding hydrogens is 212 g/mol. The van der Waals surface area contributed by atoms with E-state index < -0.39 is 9.84 Å². The van der Waals surface area contributed by atoms with Gasteiger partial charge in [0.2, 0.25) is 0 Å². The molecule has 1 aliphatic rings. The highest BCUT2D eigenvalue weighted by Gasteiger charge is 2.35. The normalized spacial score (nSPS) is 16.6. The van der Waals surface area contributed by atoms with Crippen molar-refractivity contribution in [2.24, 2.45) is 5.73 Å². The van der Waals surface area contributed by atoms with Gasteiger partial charge >= 0.3 is 0 Å². The Kier molecular flexibility index (Phi) is 2.75. The van der Waals surface area contributed by atoms with Gasteiger partial charge in [-0.25, -0.2) is 8.42 Å². The van der Waals surface area contributed by atoms with Gasteiger partial charge in [0.15, 0.2) is 9.84 Å². The molecule has 1 aliphatic carbocycles. The van der Waals surface area contributed by atoms with Crippen LogP contribution in [0.4, 0.5) is 0 Å². The standard InChI is InChI=1S/C10H14N2O2S/c11-6-9-5-8(3-4-12-9)7-15(13,14)10-1-2-10/h3-5,10H,1-2,6-7,11H2. The minimum absolute atomic E-state index is 0.105. The first-order chi connectivity index (χ1) is 7.12. The van der Waals surface area contributed by atoms with E-state index in [1.165, 1.54) is 0 Å². The fourth-order valence-electron chi connectivity index (χ4n) is 1.51. The van der Waals surface area contributed by atoms with Gasteiger partial charge < -0.3 is 5.73 Å². The SMILES string of the molecule is NCc1cc(CS(=O)(=O)C2CC2)ccn1. The Balaban J connectivity index is 2.16. The van der Waals surface area contributed by atoms with Gasteiger partial charge in [0.05, 0.1) is 16.7 Å². The molecule has 0 aromatic carbocycles. The van der Waals surface area contributed by atoms with Gasteiger partial charge in [0.1, 0.15) is 0 Å². The second kappa shape index (κ2) is 3.90. The lowest BCUT2D eigenvalue weighted by atomic mass is 10.2. The topological polar surface area (TPSA) is 73.1 Å². The summed E-state index contributed by atoms with van der Waals surface area (Å²) in [5, 5.41) is -0.105. The minimum atomic E-state index is -2.93. The zero-order chi connectivity index (χ0) is 10.9. The molecular formula is C10H14N2O2S. The molecule has 1 fully saturated rings. The molecule has 0 saturated heterocycles. The van der Waals surface area contributed by atoms with Crippen molar-refractivity contribution in [3.63, 3.8) is 0 Å². The lowest BCUT2D eigenvalue weighted by Gasteiger charge is -2.03. The number of sulfone groups is 1. The van der Waals surface area contributed by atoms with Gasteiger partial charge in [-0.05, 0) is 30.5 Å². The quantitative estimate of drug-likeness (QED) is 0.816. The molecule has 0 atom stereocenters. The van der Waals surface area contributed by atoms with E-state index in [4.69, 9.17) is 5.73 Å². The van der Waals surface area contributed by atoms with Gasteiger partial charge in [-0.3, -0.25) is 4.98 Å². The number of nitrogens with two attached hydrogens (primary N) is 1. The fourth-order valence-corrected chi connectivity index (χ4v) is 3.24. The van der Waals surface area contributed by atoms with Crippen LogP contribution in [0.2, 0.25) is 0 Å². The van der Waals surface area contributed by atoms with E-state index >= 15 is 0 Å². The summed E-state index contributed by atoms with van der Waals surface area (Å²) in [6, 6.07) is 3.50. The summed E-state index contributed by atoms with van der Waals surface area (Å²) in [4.78, 5) is 4.03. The maximum atomic E-state index is 11.7. The maximum Gasteiger partial charge on any atom is 0.157 e. The number of aromatic nitrogens is 1. The lowest BCUT2D eigenvalue weighted by Crippen LogP contribution is -2.10. The number of hydrogen-bond acceptors (Lipinski definition) is 4. The molecule has 0 unspecified atom stereocenters. The summed E-state index contributed by atoms with van der Waals surface area (Å²) in [7, 11) is -2.93. The van der Waals surface area contributed by atoms with E-state index in [9.17, 15) is 8.42 Å². The first-order valence-electron chi connectivity index (χ1n) is 4.97. The molecule has 0 aliphatic heterocycles. The summed E-state index contributed by atoms with van der Waals surface area (Å²) in [6.45, 7) is 0.345. The Hall–Kier alpha value is -0.940. The molecule has 1 heterocycles. The molecule has 1 saturated carbocycles. The van der Waals surface area contributed by atoms with E-state index in [1.807, 2.05) is 0 Å². The van der Waals surface area contributed by atoms with Crippen molar-refractivity contribution < 1.29 is 8.42 Å². The van der Waals surface area contributed by atoms with Crippen molar-refractivity contribution in [3.8, 4) is 0 Å². The van der Waals surface area contributed by atoms with Crippen molar-refractivity contribution in [1.82, 2.24) is 4.98 Å². The van der Waals surface area contributed by atoms with Crippen LogP contribution in [0.15, 0.2) is 18.3 Å². The van der Waals surface area contributed by atoms with Crippen LogP contribution in [-0.2, 0) is 22.1 Å². The average Bonchev–Trinajstić information content (AvgIpc) is 3.00. The van der Waals surface area contributed by atoms with Crippen molar-refractivity contribution in [1.29, 1.82) is 0 Å². The van der Waals surface area contributed by atoms with E-state index in [2.05, 4.69) is 4.98 Å². The van der Waals surface area contributed by atoms with Crippen LogP contribution in [-0.4, -0.2) is 18.7 Å². The predicted molar refractivity (Wildman–Crippen MR) is 57.8 cm³/mol. The van der Waals surface area contributed by atoms with E-state index in [-0.39, 0.29) is 11.0 Å². The monoisotopic (exact) mass is 226 g/mol. The second-order valence-corrected chi connectivity index (χ2v) is 6.15. The van der Waals surface area contributed by atoms with Gasteiger partial charge in [-0.15, -0.1) is 0 Å². The molecule has 0 spiro atoms. The van der Waals surface area contributed by atoms with Gasteiger partial charge in [-0.2, -0.15) is 0 Å². The molecule has 1 aromatic heterocycles. The molecule has 4 nitrogen and oxygen atoms in total. The van der Waals surface area contributed by atoms with E-state index in [0.29, 0.717) is 6.54 Å². The largest absolute Gasteiger partial charge is 0.325 e. The first kappa shape index (κ1) is 10.6. The summed E-state index contributed by atoms with van der Waals surface area (Å²) in [6.07, 6.45) is 3.24. The number of hydrogen-bond donors (Lipinski definition) is 1. The summed E-state index contributed by atoms with van der Waals surface area (Å²) in [5.41, 5.74) is 6.97. The number of nitrogens with zero attached hydrogens (tertiary/aromatic N) is 1. The van der Waals surface area contributed by atoms with Gasteiger partial charge in [0.25, 0.3) is 0 Å². The second-order valence-electron chi connectivity index (χ2n) is 3.87. The first-order valence-corrected chi connectivity index (χ1v) is 6.69. The van der Waals surface area contributed by atoms with Gasteiger partial charge in [-0.1, -0.05) is 0 Å². The van der Waals surface area contributed by atoms with Crippen LogP contribution in [0, 0.1) is 0 Å². The highest BCUT2D eigenvalue weighted by atomic mass is 32.2. The summed E-state index contributed by atoms with van der Waals surface area (Å²) in [5.74, 6) is 0.118. The van der Waals surface area contributed by atoms with Crippen molar-refractivity contribution in [2.75, 3.05) is 0 Å². The maximum absolute atomic E-state index is 11.7. The zero-order valence-corrected chi connectivity index (χ0v) is 9.20. The van der Waals surface area contributed by atoms with E-state index in [1.54, 1.807) is 18.3 Å². The molecule has 82 valence electrons. The number of pyridine rings is 1.